The van der Waals surface area contributed by atoms with Gasteiger partial charge in [0.05, 0.1) is 13.0 Å². The predicted molar refractivity (Wildman–Crippen MR) is 69.2 cm³/mol. The van der Waals surface area contributed by atoms with Gasteiger partial charge in [-0.2, -0.15) is 0 Å². The number of rotatable bonds is 2. The van der Waals surface area contributed by atoms with Crippen LogP contribution in [0.25, 0.3) is 0 Å². The van der Waals surface area contributed by atoms with Gasteiger partial charge in [0.1, 0.15) is 5.82 Å². The maximum Gasteiger partial charge on any atom is 0.310 e. The molecule has 0 radical (unpaired) electrons. The van der Waals surface area contributed by atoms with Crippen molar-refractivity contribution in [1.82, 2.24) is 9.55 Å². The molecule has 0 aromatic carbocycles. The number of nitrogens with zero attached hydrogens (tertiary/aromatic N) is 2. The molecular weight excluding hydrogens is 228 g/mol. The molecule has 0 saturated carbocycles. The van der Waals surface area contributed by atoms with E-state index in [1.807, 2.05) is 6.20 Å². The third kappa shape index (κ3) is 2.74. The largest absolute Gasteiger partial charge is 0.469 e. The Kier molecular flexibility index (Phi) is 3.46. The zero-order valence-corrected chi connectivity index (χ0v) is 11.7. The summed E-state index contributed by atoms with van der Waals surface area (Å²) in [5, 5.41) is 0. The summed E-state index contributed by atoms with van der Waals surface area (Å²) >= 11 is 0. The molecule has 2 heterocycles. The van der Waals surface area contributed by atoms with Crippen LogP contribution in [0.1, 0.15) is 38.7 Å². The second kappa shape index (κ2) is 4.75. The number of ether oxygens (including phenoxy) is 1. The smallest absolute Gasteiger partial charge is 0.310 e. The zero-order valence-electron chi connectivity index (χ0n) is 11.7. The molecule has 2 rings (SSSR count). The Morgan fingerprint density at radius 1 is 1.56 bits per heavy atom. The Morgan fingerprint density at radius 2 is 2.28 bits per heavy atom. The minimum atomic E-state index is -0.101. The second-order valence-electron chi connectivity index (χ2n) is 6.27. The molecule has 0 amide bonds. The van der Waals surface area contributed by atoms with Gasteiger partial charge in [-0.3, -0.25) is 4.79 Å². The van der Waals surface area contributed by atoms with Crippen LogP contribution < -0.4 is 0 Å². The quantitative estimate of drug-likeness (QED) is 0.756. The van der Waals surface area contributed by atoms with Crippen molar-refractivity contribution in [3.8, 4) is 0 Å². The van der Waals surface area contributed by atoms with Crippen LogP contribution in [-0.4, -0.2) is 22.6 Å². The van der Waals surface area contributed by atoms with E-state index in [-0.39, 0.29) is 17.3 Å². The fourth-order valence-electron chi connectivity index (χ4n) is 2.48. The van der Waals surface area contributed by atoms with Gasteiger partial charge in [0, 0.05) is 24.9 Å². The van der Waals surface area contributed by atoms with Crippen LogP contribution in [0.3, 0.4) is 0 Å². The van der Waals surface area contributed by atoms with Gasteiger partial charge in [-0.1, -0.05) is 20.8 Å². The third-order valence-electron chi connectivity index (χ3n) is 3.40. The van der Waals surface area contributed by atoms with Crippen LogP contribution in [0.2, 0.25) is 0 Å². The fraction of sp³-hybridized carbons (Fsp3) is 0.714. The number of aryl methyl sites for hydroxylation is 1. The molecule has 0 spiro atoms. The first-order chi connectivity index (χ1) is 8.40. The van der Waals surface area contributed by atoms with Crippen LogP contribution in [-0.2, 0) is 28.9 Å². The van der Waals surface area contributed by atoms with E-state index in [2.05, 4.69) is 30.3 Å². The highest BCUT2D eigenvalue weighted by molar-refractivity contribution is 5.72. The standard InChI is InChI=1S/C14H22N2O2/c1-14(2,3)7-12-15-8-11-6-5-10(9-16(11)12)13(17)18-4/h8,10H,5-7,9H2,1-4H3. The monoisotopic (exact) mass is 250 g/mol. The molecule has 0 bridgehead atoms. The van der Waals surface area contributed by atoms with Crippen molar-refractivity contribution >= 4 is 5.97 Å². The number of carbonyl (C=O) groups is 1. The highest BCUT2D eigenvalue weighted by Gasteiger charge is 2.28. The van der Waals surface area contributed by atoms with Crippen molar-refractivity contribution in [2.75, 3.05) is 7.11 Å². The Bertz CT molecular complexity index is 443. The van der Waals surface area contributed by atoms with Crippen LogP contribution in [0.4, 0.5) is 0 Å². The van der Waals surface area contributed by atoms with E-state index >= 15 is 0 Å². The Labute approximate surface area is 108 Å². The van der Waals surface area contributed by atoms with E-state index in [1.165, 1.54) is 12.8 Å². The lowest BCUT2D eigenvalue weighted by Gasteiger charge is -2.25. The molecular formula is C14H22N2O2. The van der Waals surface area contributed by atoms with Gasteiger partial charge in [0.2, 0.25) is 0 Å². The predicted octanol–water partition coefficient (Wildman–Crippen LogP) is 2.21. The maximum atomic E-state index is 11.6. The molecule has 4 nitrogen and oxygen atoms in total. The molecule has 1 aliphatic heterocycles. The Balaban J connectivity index is 2.19. The van der Waals surface area contributed by atoms with Crippen molar-refractivity contribution in [1.29, 1.82) is 0 Å². The van der Waals surface area contributed by atoms with E-state index in [0.717, 1.165) is 25.1 Å². The molecule has 18 heavy (non-hydrogen) atoms. The first-order valence-electron chi connectivity index (χ1n) is 6.52. The number of hydrogen-bond donors (Lipinski definition) is 0. The normalized spacial score (nSPS) is 19.4. The number of aromatic nitrogens is 2. The number of hydrogen-bond acceptors (Lipinski definition) is 3. The highest BCUT2D eigenvalue weighted by atomic mass is 16.5. The average Bonchev–Trinajstić information content (AvgIpc) is 2.68. The van der Waals surface area contributed by atoms with Gasteiger partial charge < -0.3 is 9.30 Å². The summed E-state index contributed by atoms with van der Waals surface area (Å²) in [6.45, 7) is 7.33. The molecule has 0 aliphatic carbocycles. The molecule has 0 fully saturated rings. The molecule has 1 aromatic rings. The number of methoxy groups -OCH3 is 1. The summed E-state index contributed by atoms with van der Waals surface area (Å²) in [6, 6.07) is 0. The maximum absolute atomic E-state index is 11.6. The van der Waals surface area contributed by atoms with Gasteiger partial charge in [-0.15, -0.1) is 0 Å². The minimum absolute atomic E-state index is 0.0181. The van der Waals surface area contributed by atoms with E-state index < -0.39 is 0 Å². The topological polar surface area (TPSA) is 44.1 Å². The van der Waals surface area contributed by atoms with Crippen molar-refractivity contribution < 1.29 is 9.53 Å². The minimum Gasteiger partial charge on any atom is -0.469 e. The van der Waals surface area contributed by atoms with E-state index in [1.54, 1.807) is 0 Å². The molecule has 1 atom stereocenters. The van der Waals surface area contributed by atoms with Gasteiger partial charge in [-0.25, -0.2) is 4.98 Å². The van der Waals surface area contributed by atoms with Crippen molar-refractivity contribution in [2.24, 2.45) is 11.3 Å². The number of imidazole rings is 1. The molecule has 1 aromatic heterocycles. The molecule has 1 unspecified atom stereocenters. The van der Waals surface area contributed by atoms with E-state index in [4.69, 9.17) is 4.74 Å². The number of carbonyl (C=O) groups excluding carboxylic acids is 1. The summed E-state index contributed by atoms with van der Waals surface area (Å²) in [7, 11) is 1.46. The van der Waals surface area contributed by atoms with E-state index in [9.17, 15) is 4.79 Å². The lowest BCUT2D eigenvalue weighted by Crippen LogP contribution is -2.29. The lowest BCUT2D eigenvalue weighted by molar-refractivity contribution is -0.146. The summed E-state index contributed by atoms with van der Waals surface area (Å²) in [4.78, 5) is 16.2. The van der Waals surface area contributed by atoms with Crippen LogP contribution >= 0.6 is 0 Å². The van der Waals surface area contributed by atoms with Gasteiger partial charge in [0.25, 0.3) is 0 Å². The fourth-order valence-corrected chi connectivity index (χ4v) is 2.48. The first-order valence-corrected chi connectivity index (χ1v) is 6.52. The first kappa shape index (κ1) is 13.1. The Morgan fingerprint density at radius 3 is 2.89 bits per heavy atom. The van der Waals surface area contributed by atoms with Crippen LogP contribution in [0.5, 0.6) is 0 Å². The lowest BCUT2D eigenvalue weighted by atomic mass is 9.91. The highest BCUT2D eigenvalue weighted by Crippen LogP contribution is 2.26. The SMILES string of the molecule is COC(=O)C1CCc2cnc(CC(C)(C)C)n2C1. The van der Waals surface area contributed by atoms with Gasteiger partial charge in [0.15, 0.2) is 0 Å². The molecule has 4 heteroatoms. The van der Waals surface area contributed by atoms with Gasteiger partial charge >= 0.3 is 5.97 Å². The molecule has 0 saturated heterocycles. The van der Waals surface area contributed by atoms with Crippen molar-refractivity contribution in [2.45, 2.75) is 46.6 Å². The van der Waals surface area contributed by atoms with Crippen LogP contribution in [0.15, 0.2) is 6.20 Å². The van der Waals surface area contributed by atoms with Gasteiger partial charge in [-0.05, 0) is 18.3 Å². The average molecular weight is 250 g/mol. The number of esters is 1. The van der Waals surface area contributed by atoms with E-state index in [0.29, 0.717) is 6.54 Å². The summed E-state index contributed by atoms with van der Waals surface area (Å²) in [5.74, 6) is 0.970. The molecule has 100 valence electrons. The molecule has 0 N–H and O–H groups in total. The number of fused-ring (bicyclic) bond motifs is 1. The van der Waals surface area contributed by atoms with Crippen molar-refractivity contribution in [3.05, 3.63) is 17.7 Å². The zero-order chi connectivity index (χ0) is 13.3. The van der Waals surface area contributed by atoms with Crippen molar-refractivity contribution in [3.63, 3.8) is 0 Å². The molecule has 1 aliphatic rings. The summed E-state index contributed by atoms with van der Waals surface area (Å²) < 4.78 is 7.05. The Hall–Kier alpha value is -1.32. The third-order valence-corrected chi connectivity index (χ3v) is 3.40. The van der Waals surface area contributed by atoms with Crippen LogP contribution in [0, 0.1) is 11.3 Å². The summed E-state index contributed by atoms with van der Waals surface area (Å²) in [5.41, 5.74) is 1.45. The second-order valence-corrected chi connectivity index (χ2v) is 6.27. The summed E-state index contributed by atoms with van der Waals surface area (Å²) in [6.07, 6.45) is 4.67.